The molecular weight excluding hydrogens is 218 g/mol. The highest BCUT2D eigenvalue weighted by molar-refractivity contribution is 7.84. The Morgan fingerprint density at radius 1 is 1.67 bits per heavy atom. The van der Waals surface area contributed by atoms with Gasteiger partial charge in [-0.25, -0.2) is 4.79 Å². The molecule has 0 saturated heterocycles. The molecule has 1 unspecified atom stereocenters. The van der Waals surface area contributed by atoms with E-state index in [4.69, 9.17) is 9.63 Å². The Hall–Kier alpha value is -1.17. The molecule has 0 aromatic carbocycles. The highest BCUT2D eigenvalue weighted by Crippen LogP contribution is 2.08. The molecule has 84 valence electrons. The molecule has 0 aliphatic rings. The van der Waals surface area contributed by atoms with Crippen LogP contribution in [0.25, 0.3) is 0 Å². The predicted octanol–water partition coefficient (Wildman–Crippen LogP) is 1.28. The molecular formula is C9H13NO4S. The summed E-state index contributed by atoms with van der Waals surface area (Å²) < 4.78 is 16.2. The van der Waals surface area contributed by atoms with E-state index in [9.17, 15) is 9.00 Å². The number of aromatic nitrogens is 1. The van der Waals surface area contributed by atoms with Crippen molar-refractivity contribution in [2.75, 3.05) is 5.75 Å². The number of carboxylic acids is 1. The first-order valence-corrected chi connectivity index (χ1v) is 6.01. The van der Waals surface area contributed by atoms with Gasteiger partial charge in [-0.3, -0.25) is 4.21 Å². The van der Waals surface area contributed by atoms with E-state index < -0.39 is 16.8 Å². The molecule has 0 spiro atoms. The zero-order valence-corrected chi connectivity index (χ0v) is 9.41. The molecule has 1 heterocycles. The fourth-order valence-electron chi connectivity index (χ4n) is 1.07. The van der Waals surface area contributed by atoms with Crippen LogP contribution in [0, 0.1) is 5.92 Å². The topological polar surface area (TPSA) is 80.4 Å². The van der Waals surface area contributed by atoms with Crippen LogP contribution >= 0.6 is 0 Å². The molecule has 0 radical (unpaired) electrons. The van der Waals surface area contributed by atoms with Gasteiger partial charge in [0.05, 0.1) is 5.75 Å². The van der Waals surface area contributed by atoms with Crippen LogP contribution in [0.15, 0.2) is 10.6 Å². The van der Waals surface area contributed by atoms with Gasteiger partial charge in [-0.15, -0.1) is 0 Å². The quantitative estimate of drug-likeness (QED) is 0.825. The fraction of sp³-hybridized carbons (Fsp3) is 0.556. The van der Waals surface area contributed by atoms with Crippen molar-refractivity contribution in [2.24, 2.45) is 5.92 Å². The van der Waals surface area contributed by atoms with Crippen LogP contribution in [-0.4, -0.2) is 26.2 Å². The van der Waals surface area contributed by atoms with Gasteiger partial charge in [0, 0.05) is 22.6 Å². The Balaban J connectivity index is 2.57. The molecule has 1 rings (SSSR count). The van der Waals surface area contributed by atoms with Crippen molar-refractivity contribution in [1.82, 2.24) is 5.16 Å². The van der Waals surface area contributed by atoms with Crippen molar-refractivity contribution in [3.8, 4) is 0 Å². The molecule has 1 aromatic rings. The van der Waals surface area contributed by atoms with Crippen LogP contribution in [0.3, 0.4) is 0 Å². The molecule has 6 heteroatoms. The molecule has 0 fully saturated rings. The van der Waals surface area contributed by atoms with Gasteiger partial charge in [0.2, 0.25) is 0 Å². The molecule has 0 bridgehead atoms. The van der Waals surface area contributed by atoms with Gasteiger partial charge in [0.25, 0.3) is 0 Å². The van der Waals surface area contributed by atoms with E-state index in [1.807, 2.05) is 13.8 Å². The predicted molar refractivity (Wildman–Crippen MR) is 55.0 cm³/mol. The lowest BCUT2D eigenvalue weighted by atomic mass is 10.3. The molecule has 0 aliphatic carbocycles. The smallest absolute Gasteiger partial charge is 0.358 e. The van der Waals surface area contributed by atoms with Crippen molar-refractivity contribution >= 4 is 16.8 Å². The van der Waals surface area contributed by atoms with Gasteiger partial charge in [0.15, 0.2) is 5.69 Å². The fourth-order valence-corrected chi connectivity index (χ4v) is 2.39. The van der Waals surface area contributed by atoms with Gasteiger partial charge in [-0.1, -0.05) is 19.0 Å². The monoisotopic (exact) mass is 231 g/mol. The second-order valence-electron chi connectivity index (χ2n) is 3.63. The summed E-state index contributed by atoms with van der Waals surface area (Å²) in [6.45, 7) is 3.95. The molecule has 1 aromatic heterocycles. The summed E-state index contributed by atoms with van der Waals surface area (Å²) in [6, 6.07) is 1.31. The van der Waals surface area contributed by atoms with E-state index in [-0.39, 0.29) is 11.4 Å². The first kappa shape index (κ1) is 11.9. The number of aromatic carboxylic acids is 1. The molecule has 15 heavy (non-hydrogen) atoms. The van der Waals surface area contributed by atoms with Crippen molar-refractivity contribution in [2.45, 2.75) is 19.6 Å². The average Bonchev–Trinajstić information content (AvgIpc) is 2.50. The van der Waals surface area contributed by atoms with Gasteiger partial charge < -0.3 is 9.63 Å². The van der Waals surface area contributed by atoms with Crippen LogP contribution in [0.2, 0.25) is 0 Å². The first-order valence-electron chi connectivity index (χ1n) is 4.53. The van der Waals surface area contributed by atoms with Crippen LogP contribution in [-0.2, 0) is 16.6 Å². The zero-order chi connectivity index (χ0) is 11.4. The maximum Gasteiger partial charge on any atom is 0.358 e. The van der Waals surface area contributed by atoms with Crippen LogP contribution in [0.5, 0.6) is 0 Å². The van der Waals surface area contributed by atoms with Gasteiger partial charge in [-0.2, -0.15) is 0 Å². The molecule has 0 amide bonds. The third-order valence-electron chi connectivity index (χ3n) is 1.60. The Kier molecular flexibility index (Phi) is 4.02. The van der Waals surface area contributed by atoms with Crippen molar-refractivity contribution in [3.05, 3.63) is 17.5 Å². The summed E-state index contributed by atoms with van der Waals surface area (Å²) in [7, 11) is -1.03. The number of carboxylic acid groups (broad SMARTS) is 1. The second-order valence-corrected chi connectivity index (χ2v) is 5.13. The van der Waals surface area contributed by atoms with Crippen LogP contribution in [0.1, 0.15) is 30.1 Å². The Morgan fingerprint density at radius 3 is 2.80 bits per heavy atom. The summed E-state index contributed by atoms with van der Waals surface area (Å²) in [5, 5.41) is 11.9. The Labute approximate surface area is 89.9 Å². The lowest BCUT2D eigenvalue weighted by molar-refractivity contribution is 0.0685. The third-order valence-corrected chi connectivity index (χ3v) is 3.25. The Morgan fingerprint density at radius 2 is 2.33 bits per heavy atom. The minimum atomic E-state index is -1.14. The van der Waals surface area contributed by atoms with E-state index in [0.717, 1.165) is 0 Å². The highest BCUT2D eigenvalue weighted by atomic mass is 32.2. The largest absolute Gasteiger partial charge is 0.476 e. The van der Waals surface area contributed by atoms with Crippen LogP contribution < -0.4 is 0 Å². The van der Waals surface area contributed by atoms with Gasteiger partial charge in [-0.05, 0) is 5.92 Å². The SMILES string of the molecule is CC(C)CS(=O)Cc1cc(C(=O)O)no1. The summed E-state index contributed by atoms with van der Waals surface area (Å²) in [5.74, 6) is 0.348. The standard InChI is InChI=1S/C9H13NO4S/c1-6(2)4-15(13)5-7-3-8(9(11)12)10-14-7/h3,6H,4-5H2,1-2H3,(H,11,12). The maximum absolute atomic E-state index is 11.5. The van der Waals surface area contributed by atoms with Crippen molar-refractivity contribution < 1.29 is 18.6 Å². The lowest BCUT2D eigenvalue weighted by Crippen LogP contribution is -2.06. The highest BCUT2D eigenvalue weighted by Gasteiger charge is 2.13. The normalized spacial score (nSPS) is 13.0. The van der Waals surface area contributed by atoms with Gasteiger partial charge >= 0.3 is 5.97 Å². The number of hydrogen-bond donors (Lipinski definition) is 1. The van der Waals surface area contributed by atoms with E-state index >= 15 is 0 Å². The minimum absolute atomic E-state index is 0.147. The number of rotatable bonds is 5. The third kappa shape index (κ3) is 3.83. The van der Waals surface area contributed by atoms with Crippen molar-refractivity contribution in [1.29, 1.82) is 0 Å². The van der Waals surface area contributed by atoms with E-state index in [1.165, 1.54) is 6.07 Å². The average molecular weight is 231 g/mol. The molecule has 5 nitrogen and oxygen atoms in total. The van der Waals surface area contributed by atoms with Crippen molar-refractivity contribution in [3.63, 3.8) is 0 Å². The minimum Gasteiger partial charge on any atom is -0.476 e. The number of hydrogen-bond acceptors (Lipinski definition) is 4. The molecule has 1 N–H and O–H groups in total. The van der Waals surface area contributed by atoms with E-state index in [0.29, 0.717) is 17.4 Å². The molecule has 0 saturated carbocycles. The Bertz CT molecular complexity index is 372. The molecule has 1 atom stereocenters. The zero-order valence-electron chi connectivity index (χ0n) is 8.60. The van der Waals surface area contributed by atoms with Crippen LogP contribution in [0.4, 0.5) is 0 Å². The molecule has 0 aliphatic heterocycles. The second kappa shape index (κ2) is 5.06. The first-order chi connectivity index (χ1) is 6.99. The van der Waals surface area contributed by atoms with E-state index in [1.54, 1.807) is 0 Å². The summed E-state index contributed by atoms with van der Waals surface area (Å²) in [4.78, 5) is 10.5. The van der Waals surface area contributed by atoms with E-state index in [2.05, 4.69) is 5.16 Å². The van der Waals surface area contributed by atoms with Gasteiger partial charge in [0.1, 0.15) is 5.76 Å². The summed E-state index contributed by atoms with van der Waals surface area (Å²) in [5.41, 5.74) is -0.147. The number of carbonyl (C=O) groups is 1. The summed E-state index contributed by atoms with van der Waals surface area (Å²) >= 11 is 0. The maximum atomic E-state index is 11.5. The lowest BCUT2D eigenvalue weighted by Gasteiger charge is -2.01. The summed E-state index contributed by atoms with van der Waals surface area (Å²) in [6.07, 6.45) is 0. The number of nitrogens with zero attached hydrogens (tertiary/aromatic N) is 1.